The molecule has 1 atom stereocenters. The van der Waals surface area contributed by atoms with Crippen LogP contribution in [0.3, 0.4) is 0 Å². The third-order valence-corrected chi connectivity index (χ3v) is 6.06. The zero-order chi connectivity index (χ0) is 21.6. The van der Waals surface area contributed by atoms with Crippen LogP contribution in [0.5, 0.6) is 0 Å². The van der Waals surface area contributed by atoms with Crippen LogP contribution in [0.1, 0.15) is 149 Å². The molecule has 1 unspecified atom stereocenters. The second-order valence-electron chi connectivity index (χ2n) is 8.96. The van der Waals surface area contributed by atoms with Crippen molar-refractivity contribution in [3.8, 4) is 0 Å². The second-order valence-corrected chi connectivity index (χ2v) is 8.96. The first-order chi connectivity index (χ1) is 14.1. The fourth-order valence-corrected chi connectivity index (χ4v) is 4.10. The normalized spacial score (nSPS) is 12.2. The van der Waals surface area contributed by atoms with Crippen LogP contribution in [-0.2, 0) is 9.59 Å². The number of rotatable bonds is 23. The van der Waals surface area contributed by atoms with E-state index in [-0.39, 0.29) is 18.1 Å². The topological polar surface area (TPSA) is 54.4 Å². The van der Waals surface area contributed by atoms with Crippen molar-refractivity contribution in [1.29, 1.82) is 0 Å². The monoisotopic (exact) mass is 410 g/mol. The van der Waals surface area contributed by atoms with Gasteiger partial charge >= 0.3 is 5.97 Å². The minimum atomic E-state index is -0.827. The van der Waals surface area contributed by atoms with Crippen molar-refractivity contribution in [2.24, 2.45) is 5.92 Å². The van der Waals surface area contributed by atoms with Gasteiger partial charge in [-0.25, -0.2) is 0 Å². The SMILES string of the molecule is CCCCCCCCCCCC(=O)C(CCCCCCCCCCC)CC(=O)O. The Morgan fingerprint density at radius 2 is 0.966 bits per heavy atom. The molecular formula is C26H50O3. The molecule has 0 amide bonds. The summed E-state index contributed by atoms with van der Waals surface area (Å²) in [7, 11) is 0. The average molecular weight is 411 g/mol. The molecule has 0 aliphatic heterocycles. The van der Waals surface area contributed by atoms with Gasteiger partial charge in [0, 0.05) is 12.3 Å². The fourth-order valence-electron chi connectivity index (χ4n) is 4.10. The van der Waals surface area contributed by atoms with E-state index < -0.39 is 5.97 Å². The molecule has 0 spiro atoms. The van der Waals surface area contributed by atoms with E-state index in [2.05, 4.69) is 13.8 Å². The fraction of sp³-hybridized carbons (Fsp3) is 0.923. The minimum absolute atomic E-state index is 0.0211. The van der Waals surface area contributed by atoms with Gasteiger partial charge in [0.2, 0.25) is 0 Å². The summed E-state index contributed by atoms with van der Waals surface area (Å²) >= 11 is 0. The highest BCUT2D eigenvalue weighted by Crippen LogP contribution is 2.20. The standard InChI is InChI=1S/C26H50O3/c1-3-5-7-9-11-13-15-17-19-21-24(23-26(28)29)25(27)22-20-18-16-14-12-10-8-6-4-2/h24H,3-23H2,1-2H3,(H,28,29). The Balaban J connectivity index is 3.79. The van der Waals surface area contributed by atoms with Gasteiger partial charge in [-0.05, 0) is 12.8 Å². The van der Waals surface area contributed by atoms with Gasteiger partial charge in [-0.3, -0.25) is 9.59 Å². The molecular weight excluding hydrogens is 360 g/mol. The molecule has 0 aliphatic rings. The Morgan fingerprint density at radius 3 is 1.38 bits per heavy atom. The zero-order valence-corrected chi connectivity index (χ0v) is 19.7. The molecule has 0 aliphatic carbocycles. The van der Waals surface area contributed by atoms with Crippen molar-refractivity contribution in [1.82, 2.24) is 0 Å². The number of ketones is 1. The summed E-state index contributed by atoms with van der Waals surface area (Å²) in [4.78, 5) is 23.6. The largest absolute Gasteiger partial charge is 0.481 e. The number of unbranched alkanes of at least 4 members (excludes halogenated alkanes) is 16. The highest BCUT2D eigenvalue weighted by molar-refractivity contribution is 5.84. The first-order valence-corrected chi connectivity index (χ1v) is 12.9. The van der Waals surface area contributed by atoms with Crippen LogP contribution < -0.4 is 0 Å². The number of Topliss-reactive ketones (excluding diaryl/α,β-unsaturated/α-hetero) is 1. The van der Waals surface area contributed by atoms with Crippen LogP contribution in [0.4, 0.5) is 0 Å². The van der Waals surface area contributed by atoms with Crippen molar-refractivity contribution in [2.45, 2.75) is 149 Å². The van der Waals surface area contributed by atoms with E-state index in [9.17, 15) is 9.59 Å². The lowest BCUT2D eigenvalue weighted by Crippen LogP contribution is -2.18. The van der Waals surface area contributed by atoms with E-state index in [1.54, 1.807) is 0 Å². The third kappa shape index (κ3) is 20.2. The van der Waals surface area contributed by atoms with Crippen LogP contribution >= 0.6 is 0 Å². The van der Waals surface area contributed by atoms with Crippen molar-refractivity contribution in [3.05, 3.63) is 0 Å². The summed E-state index contributed by atoms with van der Waals surface area (Å²) in [6.45, 7) is 4.48. The van der Waals surface area contributed by atoms with Gasteiger partial charge in [-0.15, -0.1) is 0 Å². The lowest BCUT2D eigenvalue weighted by molar-refractivity contribution is -0.140. The van der Waals surface area contributed by atoms with Crippen molar-refractivity contribution in [2.75, 3.05) is 0 Å². The molecule has 0 saturated heterocycles. The van der Waals surface area contributed by atoms with Gasteiger partial charge in [0.05, 0.1) is 6.42 Å². The number of carbonyl (C=O) groups is 2. The predicted octanol–water partition coefficient (Wildman–Crippen LogP) is 8.49. The Kier molecular flexibility index (Phi) is 21.2. The number of hydrogen-bond donors (Lipinski definition) is 1. The molecule has 0 aromatic heterocycles. The second kappa shape index (κ2) is 21.8. The molecule has 0 fully saturated rings. The van der Waals surface area contributed by atoms with Gasteiger partial charge in [-0.2, -0.15) is 0 Å². The Hall–Kier alpha value is -0.860. The minimum Gasteiger partial charge on any atom is -0.481 e. The Labute approximate surface area is 181 Å². The molecule has 0 rings (SSSR count). The number of carboxylic acid groups (broad SMARTS) is 1. The number of carbonyl (C=O) groups excluding carboxylic acids is 1. The highest BCUT2D eigenvalue weighted by atomic mass is 16.4. The van der Waals surface area contributed by atoms with E-state index in [1.807, 2.05) is 0 Å². The van der Waals surface area contributed by atoms with Gasteiger partial charge in [0.25, 0.3) is 0 Å². The van der Waals surface area contributed by atoms with E-state index in [4.69, 9.17) is 5.11 Å². The molecule has 1 N–H and O–H groups in total. The number of carboxylic acids is 1. The summed E-state index contributed by atoms with van der Waals surface area (Å²) < 4.78 is 0. The van der Waals surface area contributed by atoms with Gasteiger partial charge in [-0.1, -0.05) is 123 Å². The Bertz CT molecular complexity index is 378. The van der Waals surface area contributed by atoms with Crippen LogP contribution in [0.25, 0.3) is 0 Å². The smallest absolute Gasteiger partial charge is 0.304 e. The van der Waals surface area contributed by atoms with Crippen molar-refractivity contribution < 1.29 is 14.7 Å². The van der Waals surface area contributed by atoms with Crippen LogP contribution in [0.15, 0.2) is 0 Å². The van der Waals surface area contributed by atoms with Crippen LogP contribution in [-0.4, -0.2) is 16.9 Å². The lowest BCUT2D eigenvalue weighted by atomic mass is 9.90. The molecule has 3 nitrogen and oxygen atoms in total. The quantitative estimate of drug-likeness (QED) is 0.172. The van der Waals surface area contributed by atoms with Gasteiger partial charge in [0.1, 0.15) is 5.78 Å². The van der Waals surface area contributed by atoms with Gasteiger partial charge in [0.15, 0.2) is 0 Å². The zero-order valence-electron chi connectivity index (χ0n) is 19.7. The first kappa shape index (κ1) is 28.1. The molecule has 0 radical (unpaired) electrons. The third-order valence-electron chi connectivity index (χ3n) is 6.06. The van der Waals surface area contributed by atoms with Crippen molar-refractivity contribution >= 4 is 11.8 Å². The molecule has 0 heterocycles. The summed E-state index contributed by atoms with van der Waals surface area (Å²) in [6.07, 6.45) is 23.8. The van der Waals surface area contributed by atoms with E-state index in [0.717, 1.165) is 32.1 Å². The maximum Gasteiger partial charge on any atom is 0.304 e. The van der Waals surface area contributed by atoms with E-state index in [1.165, 1.54) is 89.9 Å². The summed E-state index contributed by atoms with van der Waals surface area (Å²) in [5.74, 6) is -0.896. The van der Waals surface area contributed by atoms with Crippen LogP contribution in [0.2, 0.25) is 0 Å². The average Bonchev–Trinajstić information content (AvgIpc) is 2.70. The summed E-state index contributed by atoms with van der Waals surface area (Å²) in [6, 6.07) is 0. The lowest BCUT2D eigenvalue weighted by Gasteiger charge is -2.14. The van der Waals surface area contributed by atoms with Crippen molar-refractivity contribution in [3.63, 3.8) is 0 Å². The number of aliphatic carboxylic acids is 1. The number of hydrogen-bond acceptors (Lipinski definition) is 2. The molecule has 0 saturated carbocycles. The molecule has 29 heavy (non-hydrogen) atoms. The molecule has 3 heteroatoms. The van der Waals surface area contributed by atoms with Gasteiger partial charge < -0.3 is 5.11 Å². The molecule has 172 valence electrons. The highest BCUT2D eigenvalue weighted by Gasteiger charge is 2.20. The Morgan fingerprint density at radius 1 is 0.586 bits per heavy atom. The van der Waals surface area contributed by atoms with E-state index in [0.29, 0.717) is 6.42 Å². The summed E-state index contributed by atoms with van der Waals surface area (Å²) in [5.41, 5.74) is 0. The van der Waals surface area contributed by atoms with Crippen LogP contribution in [0, 0.1) is 5.92 Å². The van der Waals surface area contributed by atoms with E-state index >= 15 is 0 Å². The molecule has 0 aromatic carbocycles. The maximum absolute atomic E-state index is 12.5. The molecule has 0 bridgehead atoms. The predicted molar refractivity (Wildman–Crippen MR) is 124 cm³/mol. The first-order valence-electron chi connectivity index (χ1n) is 12.9. The maximum atomic E-state index is 12.5. The molecule has 0 aromatic rings. The summed E-state index contributed by atoms with van der Waals surface area (Å²) in [5, 5.41) is 9.15.